The molecule has 0 unspecified atom stereocenters. The number of carbonyl (C=O) groups excluding carboxylic acids is 1. The molecular formula is C26H23BF4N2O2. The summed E-state index contributed by atoms with van der Waals surface area (Å²) in [6.07, 6.45) is 1.76. The van der Waals surface area contributed by atoms with Crippen molar-refractivity contribution >= 4 is 13.2 Å². The number of nitrogens with zero attached hydrogens (tertiary/aromatic N) is 2. The number of hydrogen-bond acceptors (Lipinski definition) is 3. The van der Waals surface area contributed by atoms with E-state index >= 15 is 0 Å². The molecule has 2 heterocycles. The Bertz CT molecular complexity index is 1280. The second-order valence-electron chi connectivity index (χ2n) is 7.49. The van der Waals surface area contributed by atoms with E-state index < -0.39 is 7.25 Å². The Hall–Kier alpha value is -4.01. The fourth-order valence-corrected chi connectivity index (χ4v) is 3.46. The molecule has 9 heteroatoms. The third-order valence-electron chi connectivity index (χ3n) is 4.86. The first-order valence-corrected chi connectivity index (χ1v) is 10.9. The largest absolute Gasteiger partial charge is 0.673 e. The van der Waals surface area contributed by atoms with E-state index in [9.17, 15) is 22.1 Å². The fourth-order valence-electron chi connectivity index (χ4n) is 3.46. The molecule has 0 fully saturated rings. The van der Waals surface area contributed by atoms with E-state index in [-0.39, 0.29) is 5.97 Å². The third-order valence-corrected chi connectivity index (χ3v) is 4.86. The van der Waals surface area contributed by atoms with E-state index in [0.717, 1.165) is 27.9 Å². The highest BCUT2D eigenvalue weighted by molar-refractivity contribution is 6.50. The predicted molar refractivity (Wildman–Crippen MR) is 128 cm³/mol. The van der Waals surface area contributed by atoms with Gasteiger partial charge in [-0.3, -0.25) is 0 Å². The summed E-state index contributed by atoms with van der Waals surface area (Å²) in [6.45, 7) is 4.12. The van der Waals surface area contributed by atoms with Crippen LogP contribution in [0.15, 0.2) is 91.1 Å². The van der Waals surface area contributed by atoms with Gasteiger partial charge in [-0.1, -0.05) is 60.7 Å². The van der Waals surface area contributed by atoms with Gasteiger partial charge in [0.25, 0.3) is 0 Å². The Morgan fingerprint density at radius 2 is 1.43 bits per heavy atom. The average Bonchev–Trinajstić information content (AvgIpc) is 2.83. The quantitative estimate of drug-likeness (QED) is 0.142. The zero-order chi connectivity index (χ0) is 25.4. The predicted octanol–water partition coefficient (Wildman–Crippen LogP) is 6.48. The minimum atomic E-state index is -6.00. The number of benzene rings is 2. The number of pyridine rings is 2. The summed E-state index contributed by atoms with van der Waals surface area (Å²) < 4.78 is 46.3. The van der Waals surface area contributed by atoms with Crippen molar-refractivity contribution in [3.63, 3.8) is 0 Å². The van der Waals surface area contributed by atoms with Crippen LogP contribution in [0.3, 0.4) is 0 Å². The third kappa shape index (κ3) is 7.24. The summed E-state index contributed by atoms with van der Waals surface area (Å²) >= 11 is 0. The molecule has 0 saturated heterocycles. The standard InChI is InChI=1S/C26H23N2O2.BF4/c1-3-30-26(29)24-18-22(20-10-6-4-7-11-20)17-23(21-12-8-5-9-13-21)28(24)25-16-19(2)14-15-27-25;2-1(3,4)5/h4-18H,3H2,1-2H3;/q+1;-1. The van der Waals surface area contributed by atoms with Crippen LogP contribution >= 0.6 is 0 Å². The van der Waals surface area contributed by atoms with Crippen LogP contribution in [-0.4, -0.2) is 24.8 Å². The van der Waals surface area contributed by atoms with Gasteiger partial charge < -0.3 is 22.0 Å². The maximum Gasteiger partial charge on any atom is 0.673 e. The van der Waals surface area contributed by atoms with Gasteiger partial charge in [-0.25, -0.2) is 4.79 Å². The zero-order valence-electron chi connectivity index (χ0n) is 19.2. The fraction of sp³-hybridized carbons (Fsp3) is 0.115. The molecule has 0 aliphatic carbocycles. The van der Waals surface area contributed by atoms with Crippen LogP contribution in [0, 0.1) is 6.92 Å². The molecule has 180 valence electrons. The summed E-state index contributed by atoms with van der Waals surface area (Å²) in [5.74, 6) is 0.298. The number of hydrogen-bond donors (Lipinski definition) is 0. The lowest BCUT2D eigenvalue weighted by atomic mass is 10.0. The van der Waals surface area contributed by atoms with Crippen LogP contribution in [-0.2, 0) is 4.74 Å². The molecule has 35 heavy (non-hydrogen) atoms. The lowest BCUT2D eigenvalue weighted by Crippen LogP contribution is -2.42. The first-order valence-electron chi connectivity index (χ1n) is 10.9. The van der Waals surface area contributed by atoms with Crippen LogP contribution in [0.1, 0.15) is 23.0 Å². The minimum Gasteiger partial charge on any atom is -0.460 e. The molecule has 4 aromatic rings. The number of carbonyl (C=O) groups is 1. The Labute approximate surface area is 201 Å². The Kier molecular flexibility index (Phi) is 8.36. The van der Waals surface area contributed by atoms with Crippen LogP contribution in [0.2, 0.25) is 0 Å². The van der Waals surface area contributed by atoms with E-state index in [1.54, 1.807) is 6.20 Å². The van der Waals surface area contributed by atoms with Crippen LogP contribution in [0.4, 0.5) is 17.3 Å². The highest BCUT2D eigenvalue weighted by Crippen LogP contribution is 2.26. The molecule has 2 aromatic heterocycles. The van der Waals surface area contributed by atoms with Crippen LogP contribution < -0.4 is 4.57 Å². The molecule has 4 rings (SSSR count). The summed E-state index contributed by atoms with van der Waals surface area (Å²) in [5, 5.41) is 0. The SMILES string of the molecule is CCOC(=O)c1cc(-c2ccccc2)cc(-c2ccccc2)[n+]1-c1cc(C)ccn1.F[B-](F)(F)F. The summed E-state index contributed by atoms with van der Waals surface area (Å²) in [5.41, 5.74) is 5.34. The van der Waals surface area contributed by atoms with Gasteiger partial charge in [0.15, 0.2) is 0 Å². The Morgan fingerprint density at radius 1 is 0.857 bits per heavy atom. The molecule has 0 aliphatic heterocycles. The van der Waals surface area contributed by atoms with E-state index in [2.05, 4.69) is 11.1 Å². The van der Waals surface area contributed by atoms with Gasteiger partial charge in [0.2, 0.25) is 5.69 Å². The van der Waals surface area contributed by atoms with Gasteiger partial charge >= 0.3 is 19.0 Å². The number of ether oxygens (including phenoxy) is 1. The van der Waals surface area contributed by atoms with Crippen molar-refractivity contribution in [3.8, 4) is 28.2 Å². The molecule has 0 amide bonds. The molecule has 0 bridgehead atoms. The molecule has 0 aliphatic rings. The lowest BCUT2D eigenvalue weighted by molar-refractivity contribution is -0.591. The maximum absolute atomic E-state index is 13.0. The number of halogens is 4. The molecule has 0 radical (unpaired) electrons. The van der Waals surface area contributed by atoms with Crippen molar-refractivity contribution < 1.29 is 31.4 Å². The molecule has 0 atom stereocenters. The van der Waals surface area contributed by atoms with Gasteiger partial charge in [-0.05, 0) is 47.7 Å². The minimum absolute atomic E-state index is 0.302. The van der Waals surface area contributed by atoms with Crippen LogP contribution in [0.5, 0.6) is 0 Å². The van der Waals surface area contributed by atoms with Crippen molar-refractivity contribution in [1.82, 2.24) is 4.98 Å². The number of aryl methyl sites for hydroxylation is 1. The van der Waals surface area contributed by atoms with Crippen molar-refractivity contribution in [2.75, 3.05) is 6.61 Å². The number of aromatic nitrogens is 2. The maximum atomic E-state index is 13.0. The molecule has 0 saturated carbocycles. The molecule has 0 spiro atoms. The van der Waals surface area contributed by atoms with E-state index in [4.69, 9.17) is 4.74 Å². The van der Waals surface area contributed by atoms with Crippen molar-refractivity contribution in [1.29, 1.82) is 0 Å². The van der Waals surface area contributed by atoms with E-state index in [0.29, 0.717) is 18.1 Å². The smallest absolute Gasteiger partial charge is 0.460 e. The van der Waals surface area contributed by atoms with E-state index in [1.165, 1.54) is 0 Å². The van der Waals surface area contributed by atoms with Crippen LogP contribution in [0.25, 0.3) is 28.2 Å². The van der Waals surface area contributed by atoms with Gasteiger partial charge in [0, 0.05) is 17.7 Å². The van der Waals surface area contributed by atoms with Gasteiger partial charge in [0.05, 0.1) is 6.61 Å². The molecule has 0 N–H and O–H groups in total. The van der Waals surface area contributed by atoms with Crippen molar-refractivity contribution in [3.05, 3.63) is 102 Å². The second kappa shape index (κ2) is 11.4. The van der Waals surface area contributed by atoms with Crippen molar-refractivity contribution in [2.45, 2.75) is 13.8 Å². The van der Waals surface area contributed by atoms with Gasteiger partial charge in [-0.2, -0.15) is 4.57 Å². The van der Waals surface area contributed by atoms with Gasteiger partial charge in [0.1, 0.15) is 11.9 Å². The molecular weight excluding hydrogens is 459 g/mol. The lowest BCUT2D eigenvalue weighted by Gasteiger charge is -2.14. The Balaban J connectivity index is 0.000000623. The highest BCUT2D eigenvalue weighted by atomic mass is 19.5. The summed E-state index contributed by atoms with van der Waals surface area (Å²) in [6, 6.07) is 27.9. The zero-order valence-corrected chi connectivity index (χ0v) is 19.2. The van der Waals surface area contributed by atoms with E-state index in [1.807, 2.05) is 97.3 Å². The Morgan fingerprint density at radius 3 is 1.97 bits per heavy atom. The highest BCUT2D eigenvalue weighted by Gasteiger charge is 2.27. The van der Waals surface area contributed by atoms with Gasteiger partial charge in [-0.15, -0.1) is 0 Å². The number of esters is 1. The first kappa shape index (κ1) is 25.6. The number of rotatable bonds is 5. The topological polar surface area (TPSA) is 43.1 Å². The molecule has 4 nitrogen and oxygen atoms in total. The normalized spacial score (nSPS) is 10.8. The summed E-state index contributed by atoms with van der Waals surface area (Å²) in [7, 11) is -6.00. The second-order valence-corrected chi connectivity index (χ2v) is 7.49. The average molecular weight is 482 g/mol. The summed E-state index contributed by atoms with van der Waals surface area (Å²) in [4.78, 5) is 17.6. The first-order chi connectivity index (χ1) is 16.7. The monoisotopic (exact) mass is 482 g/mol. The van der Waals surface area contributed by atoms with Crippen molar-refractivity contribution in [2.24, 2.45) is 0 Å². The molecule has 2 aromatic carbocycles.